The van der Waals surface area contributed by atoms with Crippen LogP contribution < -0.4 is 14.8 Å². The lowest BCUT2D eigenvalue weighted by Gasteiger charge is -2.24. The number of aryl methyl sites for hydroxylation is 1. The molecule has 0 radical (unpaired) electrons. The standard InChI is InChI=1S/C22H21N3O4/c1-14-3-2-4-15(7-14)10-23-22(26)18-9-17-12-27-21(11-25(17)24-18)16-5-6-19-20(8-16)29-13-28-19/h2-9,21H,10-13H2,1H3,(H,23,26). The van der Waals surface area contributed by atoms with E-state index in [0.717, 1.165) is 28.3 Å². The number of fused-ring (bicyclic) bond motifs is 2. The van der Waals surface area contributed by atoms with E-state index < -0.39 is 0 Å². The summed E-state index contributed by atoms with van der Waals surface area (Å²) in [5.74, 6) is 1.29. The molecule has 5 rings (SSSR count). The van der Waals surface area contributed by atoms with Crippen molar-refractivity contribution < 1.29 is 19.0 Å². The second-order valence-corrected chi connectivity index (χ2v) is 7.29. The van der Waals surface area contributed by atoms with Crippen LogP contribution in [0, 0.1) is 6.92 Å². The van der Waals surface area contributed by atoms with Gasteiger partial charge in [-0.05, 0) is 36.2 Å². The molecule has 2 aliphatic heterocycles. The van der Waals surface area contributed by atoms with Gasteiger partial charge in [-0.2, -0.15) is 5.10 Å². The minimum absolute atomic E-state index is 0.153. The number of hydrogen-bond acceptors (Lipinski definition) is 5. The van der Waals surface area contributed by atoms with Gasteiger partial charge in [0.2, 0.25) is 6.79 Å². The minimum Gasteiger partial charge on any atom is -0.454 e. The van der Waals surface area contributed by atoms with E-state index in [9.17, 15) is 4.79 Å². The van der Waals surface area contributed by atoms with Gasteiger partial charge in [-0.25, -0.2) is 0 Å². The Bertz CT molecular complexity index is 1080. The van der Waals surface area contributed by atoms with Crippen LogP contribution in [-0.2, 0) is 24.4 Å². The van der Waals surface area contributed by atoms with Crippen molar-refractivity contribution in [2.75, 3.05) is 6.79 Å². The number of benzene rings is 2. The van der Waals surface area contributed by atoms with Gasteiger partial charge in [0.05, 0.1) is 18.8 Å². The van der Waals surface area contributed by atoms with E-state index in [4.69, 9.17) is 14.2 Å². The zero-order valence-electron chi connectivity index (χ0n) is 16.1. The zero-order valence-corrected chi connectivity index (χ0v) is 16.1. The highest BCUT2D eigenvalue weighted by molar-refractivity contribution is 5.92. The fourth-order valence-electron chi connectivity index (χ4n) is 3.65. The van der Waals surface area contributed by atoms with Crippen molar-refractivity contribution in [3.63, 3.8) is 0 Å². The van der Waals surface area contributed by atoms with Crippen LogP contribution in [0.2, 0.25) is 0 Å². The summed E-state index contributed by atoms with van der Waals surface area (Å²) in [4.78, 5) is 12.5. The molecule has 0 aliphatic carbocycles. The molecule has 1 amide bonds. The Balaban J connectivity index is 1.27. The summed E-state index contributed by atoms with van der Waals surface area (Å²) in [6.07, 6.45) is -0.153. The van der Waals surface area contributed by atoms with E-state index in [2.05, 4.69) is 16.5 Å². The largest absolute Gasteiger partial charge is 0.454 e. The third kappa shape index (κ3) is 3.56. The van der Waals surface area contributed by atoms with Crippen LogP contribution in [0.4, 0.5) is 0 Å². The fraction of sp³-hybridized carbons (Fsp3) is 0.273. The summed E-state index contributed by atoms with van der Waals surface area (Å²) in [6.45, 7) is 3.69. The third-order valence-electron chi connectivity index (χ3n) is 5.17. The van der Waals surface area contributed by atoms with Crippen molar-refractivity contribution in [2.24, 2.45) is 0 Å². The highest BCUT2D eigenvalue weighted by Crippen LogP contribution is 2.36. The van der Waals surface area contributed by atoms with Crippen LogP contribution >= 0.6 is 0 Å². The summed E-state index contributed by atoms with van der Waals surface area (Å²) < 4.78 is 18.7. The molecule has 148 valence electrons. The lowest BCUT2D eigenvalue weighted by Crippen LogP contribution is -2.24. The number of nitrogens with zero attached hydrogens (tertiary/aromatic N) is 2. The first-order chi connectivity index (χ1) is 14.2. The highest BCUT2D eigenvalue weighted by Gasteiger charge is 2.25. The normalized spacial score (nSPS) is 17.1. The van der Waals surface area contributed by atoms with E-state index in [0.29, 0.717) is 25.4 Å². The Labute approximate surface area is 168 Å². The molecule has 3 heterocycles. The Morgan fingerprint density at radius 1 is 1.17 bits per heavy atom. The molecular weight excluding hydrogens is 370 g/mol. The van der Waals surface area contributed by atoms with Crippen molar-refractivity contribution in [2.45, 2.75) is 32.7 Å². The predicted octanol–water partition coefficient (Wildman–Crippen LogP) is 3.12. The van der Waals surface area contributed by atoms with Gasteiger partial charge in [-0.3, -0.25) is 9.48 Å². The van der Waals surface area contributed by atoms with Crippen LogP contribution in [0.3, 0.4) is 0 Å². The lowest BCUT2D eigenvalue weighted by molar-refractivity contribution is -0.00128. The molecule has 1 N–H and O–H groups in total. The smallest absolute Gasteiger partial charge is 0.272 e. The summed E-state index contributed by atoms with van der Waals surface area (Å²) in [5.41, 5.74) is 4.53. The Morgan fingerprint density at radius 3 is 2.97 bits per heavy atom. The van der Waals surface area contributed by atoms with Crippen LogP contribution in [-0.4, -0.2) is 22.5 Å². The molecule has 1 unspecified atom stereocenters. The number of carbonyl (C=O) groups is 1. The van der Waals surface area contributed by atoms with Crippen molar-refractivity contribution in [3.8, 4) is 11.5 Å². The van der Waals surface area contributed by atoms with Gasteiger partial charge in [0.25, 0.3) is 5.91 Å². The molecular formula is C22H21N3O4. The SMILES string of the molecule is Cc1cccc(CNC(=O)c2cc3n(n2)CC(c2ccc4c(c2)OCO4)OC3)c1. The van der Waals surface area contributed by atoms with Gasteiger partial charge in [0.15, 0.2) is 17.2 Å². The quantitative estimate of drug-likeness (QED) is 0.740. The molecule has 2 aromatic carbocycles. The van der Waals surface area contributed by atoms with Gasteiger partial charge < -0.3 is 19.5 Å². The van der Waals surface area contributed by atoms with Gasteiger partial charge in [-0.15, -0.1) is 0 Å². The van der Waals surface area contributed by atoms with Crippen LogP contribution in [0.1, 0.15) is 39.0 Å². The van der Waals surface area contributed by atoms with E-state index in [-0.39, 0.29) is 18.8 Å². The van der Waals surface area contributed by atoms with Crippen molar-refractivity contribution in [1.29, 1.82) is 0 Å². The van der Waals surface area contributed by atoms with E-state index in [1.54, 1.807) is 6.07 Å². The topological polar surface area (TPSA) is 74.6 Å². The molecule has 0 saturated carbocycles. The Kier molecular flexibility index (Phi) is 4.44. The molecule has 3 aromatic rings. The number of amides is 1. The molecule has 7 nitrogen and oxygen atoms in total. The maximum absolute atomic E-state index is 12.5. The third-order valence-corrected chi connectivity index (χ3v) is 5.17. The molecule has 0 fully saturated rings. The number of nitrogens with one attached hydrogen (secondary N) is 1. The first kappa shape index (κ1) is 17.8. The molecule has 0 bridgehead atoms. The molecule has 0 spiro atoms. The second-order valence-electron chi connectivity index (χ2n) is 7.29. The van der Waals surface area contributed by atoms with Crippen molar-refractivity contribution in [3.05, 3.63) is 76.6 Å². The van der Waals surface area contributed by atoms with Crippen LogP contribution in [0.15, 0.2) is 48.5 Å². The van der Waals surface area contributed by atoms with E-state index in [1.165, 1.54) is 5.56 Å². The maximum Gasteiger partial charge on any atom is 0.272 e. The number of ether oxygens (including phenoxy) is 3. The van der Waals surface area contributed by atoms with E-state index in [1.807, 2.05) is 48.0 Å². The van der Waals surface area contributed by atoms with Crippen LogP contribution in [0.25, 0.3) is 0 Å². The summed E-state index contributed by atoms with van der Waals surface area (Å²) in [7, 11) is 0. The average molecular weight is 391 g/mol. The van der Waals surface area contributed by atoms with Crippen molar-refractivity contribution >= 4 is 5.91 Å². The molecule has 1 aromatic heterocycles. The molecule has 2 aliphatic rings. The number of carbonyl (C=O) groups excluding carboxylic acids is 1. The minimum atomic E-state index is -0.187. The number of hydrogen-bond donors (Lipinski definition) is 1. The monoisotopic (exact) mass is 391 g/mol. The molecule has 0 saturated heterocycles. The molecule has 1 atom stereocenters. The molecule has 29 heavy (non-hydrogen) atoms. The number of rotatable bonds is 4. The van der Waals surface area contributed by atoms with Gasteiger partial charge in [0, 0.05) is 6.54 Å². The second kappa shape index (κ2) is 7.25. The number of aromatic nitrogens is 2. The zero-order chi connectivity index (χ0) is 19.8. The highest BCUT2D eigenvalue weighted by atomic mass is 16.7. The fourth-order valence-corrected chi connectivity index (χ4v) is 3.65. The Hall–Kier alpha value is -3.32. The predicted molar refractivity (Wildman–Crippen MR) is 105 cm³/mol. The maximum atomic E-state index is 12.5. The summed E-state index contributed by atoms with van der Waals surface area (Å²) in [6, 6.07) is 15.7. The molecule has 7 heteroatoms. The van der Waals surface area contributed by atoms with E-state index >= 15 is 0 Å². The Morgan fingerprint density at radius 2 is 2.07 bits per heavy atom. The summed E-state index contributed by atoms with van der Waals surface area (Å²) in [5, 5.41) is 7.43. The first-order valence-corrected chi connectivity index (χ1v) is 9.57. The average Bonchev–Trinajstić information content (AvgIpc) is 3.37. The van der Waals surface area contributed by atoms with Crippen molar-refractivity contribution in [1.82, 2.24) is 15.1 Å². The summed E-state index contributed by atoms with van der Waals surface area (Å²) >= 11 is 0. The van der Waals surface area contributed by atoms with Gasteiger partial charge in [0.1, 0.15) is 6.10 Å². The first-order valence-electron chi connectivity index (χ1n) is 9.57. The van der Waals surface area contributed by atoms with Gasteiger partial charge >= 0.3 is 0 Å². The lowest BCUT2D eigenvalue weighted by atomic mass is 10.1. The van der Waals surface area contributed by atoms with Gasteiger partial charge in [-0.1, -0.05) is 35.9 Å². The van der Waals surface area contributed by atoms with Crippen LogP contribution in [0.5, 0.6) is 11.5 Å².